The first kappa shape index (κ1) is 11.9. The second kappa shape index (κ2) is 4.54. The molecule has 1 aliphatic rings. The highest BCUT2D eigenvalue weighted by Gasteiger charge is 2.57. The Morgan fingerprint density at radius 2 is 1.86 bits per heavy atom. The maximum atomic E-state index is 12.6. The van der Waals surface area contributed by atoms with Crippen molar-refractivity contribution in [3.8, 4) is 0 Å². The molecule has 0 bridgehead atoms. The summed E-state index contributed by atoms with van der Waals surface area (Å²) in [4.78, 5) is 0. The predicted octanol–water partition coefficient (Wildman–Crippen LogP) is 4.50. The largest absolute Gasteiger partial charge is 0.394 e. The van der Waals surface area contributed by atoms with E-state index in [1.165, 1.54) is 6.42 Å². The van der Waals surface area contributed by atoms with Gasteiger partial charge in [0.2, 0.25) is 0 Å². The van der Waals surface area contributed by atoms with Crippen LogP contribution in [-0.2, 0) is 0 Å². The smallest absolute Gasteiger partial charge is 0.170 e. The van der Waals surface area contributed by atoms with Crippen LogP contribution in [0.2, 0.25) is 0 Å². The van der Waals surface area contributed by atoms with Crippen LogP contribution < -0.4 is 0 Å². The lowest BCUT2D eigenvalue weighted by Crippen LogP contribution is -2.44. The van der Waals surface area contributed by atoms with E-state index in [2.05, 4.69) is 6.92 Å². The van der Waals surface area contributed by atoms with Crippen molar-refractivity contribution in [1.82, 2.24) is 0 Å². The summed E-state index contributed by atoms with van der Waals surface area (Å²) in [5.41, 5.74) is -1.42. The molecule has 1 saturated carbocycles. The third kappa shape index (κ3) is 2.43. The highest BCUT2D eigenvalue weighted by Crippen LogP contribution is 2.55. The molecule has 1 rings (SSSR count). The Hall–Kier alpha value is -0.210. The molecule has 0 aromatic heterocycles. The van der Waals surface area contributed by atoms with Gasteiger partial charge >= 0.3 is 6.18 Å². The Balaban J connectivity index is 2.32. The molecule has 0 amide bonds. The zero-order valence-electron chi connectivity index (χ0n) is 8.66. The molecule has 0 unspecified atom stereocenters. The number of hydrogen-bond donors (Lipinski definition) is 0. The van der Waals surface area contributed by atoms with Gasteiger partial charge in [-0.1, -0.05) is 32.6 Å². The number of hydrogen-bond acceptors (Lipinski definition) is 0. The molecule has 0 spiro atoms. The van der Waals surface area contributed by atoms with E-state index < -0.39 is 11.6 Å². The summed E-state index contributed by atoms with van der Waals surface area (Å²) in [6.07, 6.45) is 2.46. The summed E-state index contributed by atoms with van der Waals surface area (Å²) in [6, 6.07) is 0. The minimum Gasteiger partial charge on any atom is -0.170 e. The van der Waals surface area contributed by atoms with Crippen LogP contribution in [0.5, 0.6) is 0 Å². The van der Waals surface area contributed by atoms with Crippen molar-refractivity contribution >= 4 is 0 Å². The molecule has 0 saturated heterocycles. The van der Waals surface area contributed by atoms with Crippen molar-refractivity contribution in [3.63, 3.8) is 0 Å². The van der Waals surface area contributed by atoms with Gasteiger partial charge < -0.3 is 0 Å². The first-order chi connectivity index (χ1) is 6.52. The minimum absolute atomic E-state index is 0.308. The Kier molecular flexibility index (Phi) is 3.85. The lowest BCUT2D eigenvalue weighted by molar-refractivity contribution is -0.237. The fourth-order valence-electron chi connectivity index (χ4n) is 1.93. The number of unbranched alkanes of at least 4 members (excludes halogenated alkanes) is 3. The second-order valence-electron chi connectivity index (χ2n) is 4.21. The van der Waals surface area contributed by atoms with E-state index in [-0.39, 0.29) is 0 Å². The average Bonchev–Trinajstić information content (AvgIpc) is 1.98. The maximum absolute atomic E-state index is 12.6. The molecule has 0 nitrogen and oxygen atoms in total. The first-order valence-electron chi connectivity index (χ1n) is 5.43. The van der Waals surface area contributed by atoms with Crippen LogP contribution in [0, 0.1) is 11.8 Å². The molecule has 1 aliphatic carbocycles. The molecule has 3 heteroatoms. The molecule has 1 radical (unpaired) electrons. The fourth-order valence-corrected chi connectivity index (χ4v) is 1.93. The molecule has 0 atom stereocenters. The monoisotopic (exact) mass is 207 g/mol. The van der Waals surface area contributed by atoms with Crippen LogP contribution in [0.25, 0.3) is 0 Å². The van der Waals surface area contributed by atoms with E-state index in [4.69, 9.17) is 0 Å². The molecule has 0 aromatic carbocycles. The molecular formula is C11H18F3. The van der Waals surface area contributed by atoms with Crippen molar-refractivity contribution in [2.45, 2.75) is 58.0 Å². The number of alkyl halides is 3. The molecule has 0 aliphatic heterocycles. The SMILES string of the molecule is CCCCC[CH]C1(C(F)(F)F)CCC1. The van der Waals surface area contributed by atoms with Gasteiger partial charge in [-0.3, -0.25) is 0 Å². The van der Waals surface area contributed by atoms with Crippen LogP contribution in [0.4, 0.5) is 13.2 Å². The summed E-state index contributed by atoms with van der Waals surface area (Å²) >= 11 is 0. The topological polar surface area (TPSA) is 0 Å². The molecule has 0 aromatic rings. The summed E-state index contributed by atoms with van der Waals surface area (Å²) < 4.78 is 37.9. The summed E-state index contributed by atoms with van der Waals surface area (Å²) in [6.45, 7) is 2.06. The van der Waals surface area contributed by atoms with Gasteiger partial charge in [-0.05, 0) is 25.7 Å². The Bertz CT molecular complexity index is 168. The van der Waals surface area contributed by atoms with E-state index in [0.717, 1.165) is 25.7 Å². The van der Waals surface area contributed by atoms with Gasteiger partial charge in [0.15, 0.2) is 0 Å². The van der Waals surface area contributed by atoms with E-state index in [1.54, 1.807) is 0 Å². The van der Waals surface area contributed by atoms with Crippen molar-refractivity contribution in [1.29, 1.82) is 0 Å². The highest BCUT2D eigenvalue weighted by atomic mass is 19.4. The predicted molar refractivity (Wildman–Crippen MR) is 50.8 cm³/mol. The molecule has 0 heterocycles. The number of halogens is 3. The lowest BCUT2D eigenvalue weighted by Gasteiger charge is -2.43. The molecule has 0 N–H and O–H groups in total. The zero-order chi connectivity index (χ0) is 10.7. The fraction of sp³-hybridized carbons (Fsp3) is 0.909. The van der Waals surface area contributed by atoms with Crippen molar-refractivity contribution in [3.05, 3.63) is 6.42 Å². The second-order valence-corrected chi connectivity index (χ2v) is 4.21. The van der Waals surface area contributed by atoms with E-state index in [1.807, 2.05) is 0 Å². The van der Waals surface area contributed by atoms with Crippen LogP contribution in [0.3, 0.4) is 0 Å². The molecule has 1 fully saturated rings. The highest BCUT2D eigenvalue weighted by molar-refractivity contribution is 5.03. The van der Waals surface area contributed by atoms with Crippen LogP contribution in [0.1, 0.15) is 51.9 Å². The van der Waals surface area contributed by atoms with Crippen LogP contribution in [0.15, 0.2) is 0 Å². The van der Waals surface area contributed by atoms with E-state index in [9.17, 15) is 13.2 Å². The van der Waals surface area contributed by atoms with Gasteiger partial charge in [-0.25, -0.2) is 0 Å². The van der Waals surface area contributed by atoms with E-state index >= 15 is 0 Å². The zero-order valence-corrected chi connectivity index (χ0v) is 8.66. The maximum Gasteiger partial charge on any atom is 0.394 e. The van der Waals surface area contributed by atoms with Gasteiger partial charge in [-0.2, -0.15) is 13.2 Å². The van der Waals surface area contributed by atoms with Gasteiger partial charge in [0.1, 0.15) is 0 Å². The van der Waals surface area contributed by atoms with Gasteiger partial charge in [0, 0.05) is 0 Å². The number of rotatable bonds is 5. The van der Waals surface area contributed by atoms with Gasteiger partial charge in [-0.15, -0.1) is 0 Å². The Labute approximate surface area is 83.9 Å². The normalized spacial score (nSPS) is 20.6. The minimum atomic E-state index is -4.02. The molecule has 83 valence electrons. The Morgan fingerprint density at radius 3 is 2.21 bits per heavy atom. The summed E-state index contributed by atoms with van der Waals surface area (Å²) in [5, 5.41) is 0. The molecular weight excluding hydrogens is 189 g/mol. The standard InChI is InChI=1S/C11H18F3/c1-2-3-4-5-7-10(8-6-9-10)11(12,13)14/h7H,2-6,8-9H2,1H3. The average molecular weight is 207 g/mol. The van der Waals surface area contributed by atoms with Crippen LogP contribution >= 0.6 is 0 Å². The molecule has 14 heavy (non-hydrogen) atoms. The lowest BCUT2D eigenvalue weighted by atomic mass is 9.65. The van der Waals surface area contributed by atoms with Gasteiger partial charge in [0.05, 0.1) is 5.41 Å². The Morgan fingerprint density at radius 1 is 1.21 bits per heavy atom. The third-order valence-electron chi connectivity index (χ3n) is 3.15. The van der Waals surface area contributed by atoms with Crippen molar-refractivity contribution in [2.75, 3.05) is 0 Å². The quantitative estimate of drug-likeness (QED) is 0.582. The van der Waals surface area contributed by atoms with E-state index in [0.29, 0.717) is 19.3 Å². The van der Waals surface area contributed by atoms with Crippen molar-refractivity contribution < 1.29 is 13.2 Å². The third-order valence-corrected chi connectivity index (χ3v) is 3.15. The van der Waals surface area contributed by atoms with Gasteiger partial charge in [0.25, 0.3) is 0 Å². The van der Waals surface area contributed by atoms with Crippen molar-refractivity contribution in [2.24, 2.45) is 5.41 Å². The van der Waals surface area contributed by atoms with Crippen LogP contribution in [-0.4, -0.2) is 6.18 Å². The summed E-state index contributed by atoms with van der Waals surface area (Å²) in [5.74, 6) is 0. The first-order valence-corrected chi connectivity index (χ1v) is 5.43. The summed E-state index contributed by atoms with van der Waals surface area (Å²) in [7, 11) is 0.